The zero-order valence-electron chi connectivity index (χ0n) is 20.0. The van der Waals surface area contributed by atoms with Gasteiger partial charge in [0.1, 0.15) is 23.6 Å². The lowest BCUT2D eigenvalue weighted by molar-refractivity contribution is 0.438. The van der Waals surface area contributed by atoms with E-state index >= 15 is 0 Å². The summed E-state index contributed by atoms with van der Waals surface area (Å²) < 4.78 is 30.7. The van der Waals surface area contributed by atoms with Gasteiger partial charge in [-0.1, -0.05) is 47.7 Å². The standard InChI is InChI=1S/C28H23ClN4O3S/c1-37(34,35)33-15-13-20(14-16-33)7-8-21-9-11-26-24(17-21)28(31-19-30-26)32-22-10-12-27(25(29)18-22)36-23-5-3-2-4-6-23/h2-6,9-13,17-19H,14-16H2,1H3,(H,30,31,32). The first-order chi connectivity index (χ1) is 17.8. The second kappa shape index (κ2) is 10.6. The van der Waals surface area contributed by atoms with Crippen LogP contribution in [0.3, 0.4) is 0 Å². The van der Waals surface area contributed by atoms with E-state index in [2.05, 4.69) is 27.1 Å². The van der Waals surface area contributed by atoms with E-state index in [1.807, 2.05) is 60.7 Å². The molecule has 0 bridgehead atoms. The number of nitrogens with zero attached hydrogens (tertiary/aromatic N) is 3. The molecule has 0 fully saturated rings. The molecule has 7 nitrogen and oxygen atoms in total. The minimum atomic E-state index is -3.19. The molecular formula is C28H23ClN4O3S. The molecule has 1 aromatic heterocycles. The van der Waals surface area contributed by atoms with Crippen molar-refractivity contribution in [1.29, 1.82) is 0 Å². The van der Waals surface area contributed by atoms with Crippen molar-refractivity contribution in [1.82, 2.24) is 14.3 Å². The molecule has 0 amide bonds. The van der Waals surface area contributed by atoms with Crippen molar-refractivity contribution < 1.29 is 13.2 Å². The molecule has 9 heteroatoms. The van der Waals surface area contributed by atoms with E-state index in [4.69, 9.17) is 16.3 Å². The van der Waals surface area contributed by atoms with Gasteiger partial charge in [0.15, 0.2) is 0 Å². The minimum Gasteiger partial charge on any atom is -0.456 e. The molecule has 37 heavy (non-hydrogen) atoms. The zero-order chi connectivity index (χ0) is 25.8. The highest BCUT2D eigenvalue weighted by Crippen LogP contribution is 2.33. The molecule has 2 heterocycles. The highest BCUT2D eigenvalue weighted by Gasteiger charge is 2.18. The molecule has 186 valence electrons. The Hall–Kier alpha value is -3.90. The second-order valence-electron chi connectivity index (χ2n) is 8.49. The summed E-state index contributed by atoms with van der Waals surface area (Å²) in [6.45, 7) is 0.789. The zero-order valence-corrected chi connectivity index (χ0v) is 21.6. The van der Waals surface area contributed by atoms with Gasteiger partial charge in [-0.3, -0.25) is 0 Å². The van der Waals surface area contributed by atoms with Crippen molar-refractivity contribution in [2.45, 2.75) is 6.42 Å². The van der Waals surface area contributed by atoms with Crippen molar-refractivity contribution in [2.24, 2.45) is 0 Å². The number of fused-ring (bicyclic) bond motifs is 1. The SMILES string of the molecule is CS(=O)(=O)N1CC=C(C#Cc2ccc3ncnc(Nc4ccc(Oc5ccccc5)c(Cl)c4)c3c2)CC1. The van der Waals surface area contributed by atoms with E-state index < -0.39 is 10.0 Å². The summed E-state index contributed by atoms with van der Waals surface area (Å²) in [5, 5.41) is 4.60. The number of benzene rings is 3. The lowest BCUT2D eigenvalue weighted by Crippen LogP contribution is -2.33. The van der Waals surface area contributed by atoms with E-state index in [1.165, 1.54) is 16.9 Å². The normalized spacial score (nSPS) is 13.9. The van der Waals surface area contributed by atoms with Crippen LogP contribution in [0.15, 0.2) is 84.7 Å². The molecule has 1 N–H and O–H groups in total. The maximum Gasteiger partial charge on any atom is 0.211 e. The molecule has 0 radical (unpaired) electrons. The third-order valence-electron chi connectivity index (χ3n) is 5.81. The van der Waals surface area contributed by atoms with Crippen LogP contribution < -0.4 is 10.1 Å². The molecule has 0 unspecified atom stereocenters. The highest BCUT2D eigenvalue weighted by atomic mass is 35.5. The van der Waals surface area contributed by atoms with E-state index in [-0.39, 0.29) is 0 Å². The van der Waals surface area contributed by atoms with Crippen molar-refractivity contribution in [3.63, 3.8) is 0 Å². The van der Waals surface area contributed by atoms with Gasteiger partial charge in [-0.2, -0.15) is 4.31 Å². The Balaban J connectivity index is 1.36. The van der Waals surface area contributed by atoms with E-state index in [0.29, 0.717) is 41.8 Å². The molecule has 5 rings (SSSR count). The quantitative estimate of drug-likeness (QED) is 0.330. The number of sulfonamides is 1. The maximum atomic E-state index is 11.7. The van der Waals surface area contributed by atoms with E-state index in [0.717, 1.165) is 27.7 Å². The third kappa shape index (κ3) is 6.09. The molecule has 3 aromatic carbocycles. The van der Waals surface area contributed by atoms with Gasteiger partial charge in [-0.15, -0.1) is 0 Å². The van der Waals surface area contributed by atoms with Gasteiger partial charge in [0, 0.05) is 35.3 Å². The molecule has 1 aliphatic rings. The molecule has 0 spiro atoms. The van der Waals surface area contributed by atoms with Crippen LogP contribution in [0.5, 0.6) is 11.5 Å². The topological polar surface area (TPSA) is 84.4 Å². The molecule has 0 aliphatic carbocycles. The minimum absolute atomic E-state index is 0.347. The number of aromatic nitrogens is 2. The summed E-state index contributed by atoms with van der Waals surface area (Å²) in [4.78, 5) is 8.79. The number of nitrogens with one attached hydrogen (secondary N) is 1. The predicted molar refractivity (Wildman–Crippen MR) is 147 cm³/mol. The van der Waals surface area contributed by atoms with Crippen LogP contribution in [0.25, 0.3) is 10.9 Å². The van der Waals surface area contributed by atoms with Gasteiger partial charge >= 0.3 is 0 Å². The molecular weight excluding hydrogens is 508 g/mol. The second-order valence-corrected chi connectivity index (χ2v) is 10.9. The number of rotatable bonds is 5. The highest BCUT2D eigenvalue weighted by molar-refractivity contribution is 7.88. The average molecular weight is 531 g/mol. The van der Waals surface area contributed by atoms with E-state index in [1.54, 1.807) is 12.1 Å². The van der Waals surface area contributed by atoms with Gasteiger partial charge in [-0.25, -0.2) is 18.4 Å². The summed E-state index contributed by atoms with van der Waals surface area (Å²) in [6.07, 6.45) is 5.18. The van der Waals surface area contributed by atoms with Crippen molar-refractivity contribution >= 4 is 44.0 Å². The van der Waals surface area contributed by atoms with Gasteiger partial charge < -0.3 is 10.1 Å². The fourth-order valence-electron chi connectivity index (χ4n) is 3.87. The van der Waals surface area contributed by atoms with Crippen LogP contribution in [0.1, 0.15) is 12.0 Å². The maximum absolute atomic E-state index is 11.7. The fourth-order valence-corrected chi connectivity index (χ4v) is 4.85. The Morgan fingerprint density at radius 2 is 1.86 bits per heavy atom. The first-order valence-corrected chi connectivity index (χ1v) is 13.8. The lowest BCUT2D eigenvalue weighted by atomic mass is 10.1. The smallest absolute Gasteiger partial charge is 0.211 e. The summed E-state index contributed by atoms with van der Waals surface area (Å²) in [5.41, 5.74) is 3.26. The fraction of sp³-hybridized carbons (Fsp3) is 0.143. The van der Waals surface area contributed by atoms with Gasteiger partial charge in [0.05, 0.1) is 16.8 Å². The molecule has 4 aromatic rings. The van der Waals surface area contributed by atoms with Crippen LogP contribution in [0.4, 0.5) is 11.5 Å². The van der Waals surface area contributed by atoms with Crippen molar-refractivity contribution in [3.8, 4) is 23.3 Å². The largest absolute Gasteiger partial charge is 0.456 e. The summed E-state index contributed by atoms with van der Waals surface area (Å²) in [7, 11) is -3.19. The summed E-state index contributed by atoms with van der Waals surface area (Å²) in [5.74, 6) is 8.25. The van der Waals surface area contributed by atoms with E-state index in [9.17, 15) is 8.42 Å². The Kier molecular flexibility index (Phi) is 7.10. The Morgan fingerprint density at radius 3 is 2.59 bits per heavy atom. The Labute approximate surface area is 220 Å². The Bertz CT molecular complexity index is 1660. The molecule has 0 atom stereocenters. The first-order valence-electron chi connectivity index (χ1n) is 11.6. The van der Waals surface area contributed by atoms with Gasteiger partial charge in [0.2, 0.25) is 10.0 Å². The number of halogens is 1. The molecule has 0 saturated heterocycles. The number of hydrogen-bond acceptors (Lipinski definition) is 6. The summed E-state index contributed by atoms with van der Waals surface area (Å²) in [6, 6.07) is 20.7. The van der Waals surface area contributed by atoms with Crippen LogP contribution in [0, 0.1) is 11.8 Å². The van der Waals surface area contributed by atoms with Crippen LogP contribution in [0.2, 0.25) is 5.02 Å². The van der Waals surface area contributed by atoms with Crippen LogP contribution in [-0.2, 0) is 10.0 Å². The third-order valence-corrected chi connectivity index (χ3v) is 7.37. The number of para-hydroxylation sites is 1. The van der Waals surface area contributed by atoms with Crippen molar-refractivity contribution in [3.05, 3.63) is 95.3 Å². The first kappa shape index (κ1) is 24.8. The average Bonchev–Trinajstić information content (AvgIpc) is 2.90. The molecule has 1 aliphatic heterocycles. The molecule has 0 saturated carbocycles. The number of ether oxygens (including phenoxy) is 1. The van der Waals surface area contributed by atoms with Gasteiger partial charge in [0.25, 0.3) is 0 Å². The van der Waals surface area contributed by atoms with Crippen LogP contribution >= 0.6 is 11.6 Å². The summed E-state index contributed by atoms with van der Waals surface area (Å²) >= 11 is 6.48. The monoisotopic (exact) mass is 530 g/mol. The van der Waals surface area contributed by atoms with Gasteiger partial charge in [-0.05, 0) is 55.0 Å². The predicted octanol–water partition coefficient (Wildman–Crippen LogP) is 5.76. The Morgan fingerprint density at radius 1 is 1.03 bits per heavy atom. The number of hydrogen-bond donors (Lipinski definition) is 1. The van der Waals surface area contributed by atoms with Crippen LogP contribution in [-0.4, -0.2) is 42.0 Å². The van der Waals surface area contributed by atoms with Crippen molar-refractivity contribution in [2.75, 3.05) is 24.7 Å². The lowest BCUT2D eigenvalue weighted by Gasteiger charge is -2.22. The number of anilines is 2.